The first-order valence-electron chi connectivity index (χ1n) is 6.13. The number of hydrogen-bond acceptors (Lipinski definition) is 0. The van der Waals surface area contributed by atoms with Gasteiger partial charge in [-0.25, -0.2) is 0 Å². The molecule has 2 aliphatic carbocycles. The zero-order chi connectivity index (χ0) is 10.4. The van der Waals surface area contributed by atoms with Crippen molar-refractivity contribution in [2.45, 2.75) is 63.7 Å². The van der Waals surface area contributed by atoms with E-state index in [4.69, 9.17) is 0 Å². The van der Waals surface area contributed by atoms with Gasteiger partial charge in [-0.15, -0.1) is 0 Å². The first kappa shape index (κ1) is 10.5. The van der Waals surface area contributed by atoms with E-state index >= 15 is 0 Å². The lowest BCUT2D eigenvalue weighted by atomic mass is 9.74. The largest absolute Gasteiger partial charge is 0.0825 e. The number of hydrogen-bond donors (Lipinski definition) is 0. The molecule has 0 amide bonds. The van der Waals surface area contributed by atoms with E-state index in [-0.39, 0.29) is 0 Å². The van der Waals surface area contributed by atoms with Gasteiger partial charge < -0.3 is 0 Å². The highest BCUT2D eigenvalue weighted by atomic mass is 28.3. The quantitative estimate of drug-likeness (QED) is 0.436. The van der Waals surface area contributed by atoms with E-state index in [1.54, 1.807) is 5.57 Å². The van der Waals surface area contributed by atoms with Crippen molar-refractivity contribution in [1.82, 2.24) is 0 Å². The van der Waals surface area contributed by atoms with Gasteiger partial charge in [0.15, 0.2) is 0 Å². The molecule has 0 radical (unpaired) electrons. The second-order valence-corrected chi connectivity index (χ2v) is 12.1. The van der Waals surface area contributed by atoms with Crippen LogP contribution in [0, 0.1) is 5.92 Å². The van der Waals surface area contributed by atoms with Crippen LogP contribution >= 0.6 is 0 Å². The summed E-state index contributed by atoms with van der Waals surface area (Å²) in [4.78, 5) is 0. The highest BCUT2D eigenvalue weighted by molar-refractivity contribution is 6.79. The summed E-state index contributed by atoms with van der Waals surface area (Å²) in [5.41, 5.74) is 1.79. The fourth-order valence-corrected chi connectivity index (χ4v) is 6.22. The smallest absolute Gasteiger partial charge is 0.0509 e. The van der Waals surface area contributed by atoms with Gasteiger partial charge in [0.2, 0.25) is 0 Å². The van der Waals surface area contributed by atoms with Crippen LogP contribution in [-0.4, -0.2) is 8.07 Å². The summed E-state index contributed by atoms with van der Waals surface area (Å²) in [5.74, 6) is 0.853. The molecule has 0 aromatic rings. The van der Waals surface area contributed by atoms with Crippen LogP contribution in [0.4, 0.5) is 0 Å². The van der Waals surface area contributed by atoms with Crippen molar-refractivity contribution < 1.29 is 0 Å². The molecule has 0 nitrogen and oxygen atoms in total. The van der Waals surface area contributed by atoms with Gasteiger partial charge in [-0.1, -0.05) is 38.2 Å². The fraction of sp³-hybridized carbons (Fsp3) is 0.846. The third-order valence-electron chi connectivity index (χ3n) is 4.54. The van der Waals surface area contributed by atoms with Gasteiger partial charge in [0.05, 0.1) is 8.07 Å². The van der Waals surface area contributed by atoms with Crippen molar-refractivity contribution in [1.29, 1.82) is 0 Å². The minimum atomic E-state index is -0.980. The summed E-state index contributed by atoms with van der Waals surface area (Å²) in [7, 11) is -0.980. The van der Waals surface area contributed by atoms with E-state index in [0.717, 1.165) is 11.0 Å². The number of allylic oxidation sites excluding steroid dienone is 2. The van der Waals surface area contributed by atoms with Crippen LogP contribution in [0.3, 0.4) is 0 Å². The Morgan fingerprint density at radius 1 is 1.36 bits per heavy atom. The number of rotatable bonds is 1. The Kier molecular flexibility index (Phi) is 2.41. The van der Waals surface area contributed by atoms with Gasteiger partial charge in [-0.3, -0.25) is 0 Å². The highest BCUT2D eigenvalue weighted by Gasteiger charge is 2.46. The van der Waals surface area contributed by atoms with Crippen molar-refractivity contribution in [2.24, 2.45) is 5.92 Å². The Bertz CT molecular complexity index is 259. The Morgan fingerprint density at radius 2 is 2.07 bits per heavy atom. The summed E-state index contributed by atoms with van der Waals surface area (Å²) in [5, 5.41) is 0.759. The van der Waals surface area contributed by atoms with E-state index in [1.165, 1.54) is 32.1 Å². The maximum absolute atomic E-state index is 2.58. The molecule has 2 atom stereocenters. The SMILES string of the molecule is CC1C=C2CCCC([Si](C)(C)C)(C2)C1. The van der Waals surface area contributed by atoms with Crippen LogP contribution in [0.1, 0.15) is 39.0 Å². The van der Waals surface area contributed by atoms with Crippen molar-refractivity contribution >= 4 is 8.07 Å². The molecular formula is C13H24Si. The molecule has 0 aliphatic heterocycles. The summed E-state index contributed by atoms with van der Waals surface area (Å²) < 4.78 is 0. The van der Waals surface area contributed by atoms with Gasteiger partial charge in [-0.2, -0.15) is 0 Å². The third kappa shape index (κ3) is 1.60. The molecule has 0 spiro atoms. The van der Waals surface area contributed by atoms with Crippen molar-refractivity contribution in [2.75, 3.05) is 0 Å². The fourth-order valence-electron chi connectivity index (χ4n) is 3.61. The minimum Gasteiger partial charge on any atom is -0.0825 e. The summed E-state index contributed by atoms with van der Waals surface area (Å²) in [6, 6.07) is 0. The monoisotopic (exact) mass is 208 g/mol. The maximum Gasteiger partial charge on any atom is 0.0509 e. The molecule has 0 saturated heterocycles. The molecule has 0 heterocycles. The number of fused-ring (bicyclic) bond motifs is 2. The van der Waals surface area contributed by atoms with E-state index < -0.39 is 8.07 Å². The third-order valence-corrected chi connectivity index (χ3v) is 8.36. The first-order chi connectivity index (χ1) is 6.43. The van der Waals surface area contributed by atoms with Gasteiger partial charge in [-0.05, 0) is 43.1 Å². The summed E-state index contributed by atoms with van der Waals surface area (Å²) in [6.45, 7) is 10.1. The lowest BCUT2D eigenvalue weighted by molar-refractivity contribution is 0.340. The normalized spacial score (nSPS) is 38.0. The van der Waals surface area contributed by atoms with Crippen LogP contribution < -0.4 is 0 Å². The summed E-state index contributed by atoms with van der Waals surface area (Å²) in [6.07, 6.45) is 9.88. The zero-order valence-corrected chi connectivity index (χ0v) is 11.2. The van der Waals surface area contributed by atoms with Crippen LogP contribution in [0.15, 0.2) is 11.6 Å². The minimum absolute atomic E-state index is 0.759. The van der Waals surface area contributed by atoms with Crippen molar-refractivity contribution in [3.63, 3.8) is 0 Å². The van der Waals surface area contributed by atoms with Crippen molar-refractivity contribution in [3.8, 4) is 0 Å². The van der Waals surface area contributed by atoms with Gasteiger partial charge in [0, 0.05) is 0 Å². The Balaban J connectivity index is 2.32. The lowest BCUT2D eigenvalue weighted by Crippen LogP contribution is -2.44. The molecular weight excluding hydrogens is 184 g/mol. The van der Waals surface area contributed by atoms with E-state index in [1.807, 2.05) is 0 Å². The van der Waals surface area contributed by atoms with Crippen LogP contribution in [0.5, 0.6) is 0 Å². The lowest BCUT2D eigenvalue weighted by Gasteiger charge is -2.51. The molecule has 2 bridgehead atoms. The average molecular weight is 208 g/mol. The molecule has 14 heavy (non-hydrogen) atoms. The Labute approximate surface area is 89.8 Å². The molecule has 0 aromatic heterocycles. The van der Waals surface area contributed by atoms with Crippen LogP contribution in [0.2, 0.25) is 24.7 Å². The van der Waals surface area contributed by atoms with Crippen LogP contribution in [0.25, 0.3) is 0 Å². The molecule has 80 valence electrons. The molecule has 2 unspecified atom stereocenters. The molecule has 2 aliphatic rings. The van der Waals surface area contributed by atoms with E-state index in [0.29, 0.717) is 0 Å². The van der Waals surface area contributed by atoms with E-state index in [2.05, 4.69) is 32.6 Å². The van der Waals surface area contributed by atoms with E-state index in [9.17, 15) is 0 Å². The predicted molar refractivity (Wildman–Crippen MR) is 66.4 cm³/mol. The maximum atomic E-state index is 2.58. The summed E-state index contributed by atoms with van der Waals surface area (Å²) >= 11 is 0. The molecule has 0 N–H and O–H groups in total. The Morgan fingerprint density at radius 3 is 2.71 bits per heavy atom. The van der Waals surface area contributed by atoms with Crippen molar-refractivity contribution in [3.05, 3.63) is 11.6 Å². The second-order valence-electron chi connectivity index (χ2n) is 6.57. The van der Waals surface area contributed by atoms with Crippen LogP contribution in [-0.2, 0) is 0 Å². The standard InChI is InChI=1S/C13H24Si/c1-11-8-12-6-5-7-13(9-11,10-12)14(2,3)4/h8,11H,5-7,9-10H2,1-4H3. The molecule has 1 saturated carbocycles. The second kappa shape index (κ2) is 3.23. The first-order valence-corrected chi connectivity index (χ1v) is 9.63. The van der Waals surface area contributed by atoms with Gasteiger partial charge in [0.25, 0.3) is 0 Å². The topological polar surface area (TPSA) is 0 Å². The molecule has 0 aromatic carbocycles. The Hall–Kier alpha value is -0.0431. The highest BCUT2D eigenvalue weighted by Crippen LogP contribution is 2.58. The van der Waals surface area contributed by atoms with Gasteiger partial charge >= 0.3 is 0 Å². The average Bonchev–Trinajstić information content (AvgIpc) is 2.00. The molecule has 1 fully saturated rings. The predicted octanol–water partition coefficient (Wildman–Crippen LogP) is 4.61. The molecule has 2 rings (SSSR count). The molecule has 1 heteroatoms. The zero-order valence-electron chi connectivity index (χ0n) is 10.2. The van der Waals surface area contributed by atoms with Gasteiger partial charge in [0.1, 0.15) is 0 Å².